The second kappa shape index (κ2) is 5.25. The number of nitrogens with one attached hydrogen (secondary N) is 1. The molecular formula is C15H13BrN2O2. The zero-order valence-electron chi connectivity index (χ0n) is 10.6. The minimum atomic E-state index is -0.295. The van der Waals surface area contributed by atoms with Gasteiger partial charge in [0, 0.05) is 11.0 Å². The summed E-state index contributed by atoms with van der Waals surface area (Å²) in [5.74, 6) is -0.404. The monoisotopic (exact) mass is 332 g/mol. The van der Waals surface area contributed by atoms with Gasteiger partial charge in [0.1, 0.15) is 5.75 Å². The van der Waals surface area contributed by atoms with E-state index in [1.807, 2.05) is 18.2 Å². The highest BCUT2D eigenvalue weighted by atomic mass is 79.9. The van der Waals surface area contributed by atoms with Crippen molar-refractivity contribution in [2.75, 3.05) is 0 Å². The van der Waals surface area contributed by atoms with Crippen LogP contribution in [0.25, 0.3) is 0 Å². The van der Waals surface area contributed by atoms with Crippen LogP contribution in [-0.2, 0) is 6.42 Å². The van der Waals surface area contributed by atoms with Gasteiger partial charge < -0.3 is 10.4 Å². The van der Waals surface area contributed by atoms with Crippen LogP contribution in [0, 0.1) is 0 Å². The Morgan fingerprint density at radius 2 is 2.15 bits per heavy atom. The SMILES string of the molecule is O=C(NC1c2ccccc2CC1Br)c1ccncc1O. The van der Waals surface area contributed by atoms with Crippen molar-refractivity contribution in [3.05, 3.63) is 59.4 Å². The predicted octanol–water partition coefficient (Wildman–Crippen LogP) is 2.58. The van der Waals surface area contributed by atoms with Gasteiger partial charge in [0.25, 0.3) is 5.91 Å². The van der Waals surface area contributed by atoms with Crippen molar-refractivity contribution in [2.45, 2.75) is 17.3 Å². The quantitative estimate of drug-likeness (QED) is 0.831. The van der Waals surface area contributed by atoms with Crippen molar-refractivity contribution in [3.63, 3.8) is 0 Å². The van der Waals surface area contributed by atoms with E-state index in [4.69, 9.17) is 0 Å². The second-order valence-corrected chi connectivity index (χ2v) is 5.94. The number of alkyl halides is 1. The number of hydrogen-bond donors (Lipinski definition) is 2. The van der Waals surface area contributed by atoms with E-state index in [2.05, 4.69) is 32.3 Å². The van der Waals surface area contributed by atoms with Crippen LogP contribution in [0.2, 0.25) is 0 Å². The van der Waals surface area contributed by atoms with Crippen LogP contribution in [0.15, 0.2) is 42.7 Å². The molecule has 1 aromatic heterocycles. The first kappa shape index (κ1) is 13.1. The zero-order chi connectivity index (χ0) is 14.1. The number of carbonyl (C=O) groups is 1. The summed E-state index contributed by atoms with van der Waals surface area (Å²) in [6.45, 7) is 0. The Kier molecular flexibility index (Phi) is 3.44. The normalized spacial score (nSPS) is 20.4. The fourth-order valence-corrected chi connectivity index (χ4v) is 3.28. The average molecular weight is 333 g/mol. The lowest BCUT2D eigenvalue weighted by molar-refractivity contribution is 0.0935. The van der Waals surface area contributed by atoms with E-state index in [-0.39, 0.29) is 28.1 Å². The van der Waals surface area contributed by atoms with E-state index in [9.17, 15) is 9.90 Å². The number of aromatic nitrogens is 1. The van der Waals surface area contributed by atoms with Crippen molar-refractivity contribution in [3.8, 4) is 5.75 Å². The number of fused-ring (bicyclic) bond motifs is 1. The summed E-state index contributed by atoms with van der Waals surface area (Å²) in [5, 5.41) is 12.6. The van der Waals surface area contributed by atoms with E-state index in [0.717, 1.165) is 12.0 Å². The standard InChI is InChI=1S/C15H13BrN2O2/c16-12-7-9-3-1-2-4-10(9)14(12)18-15(20)11-5-6-17-8-13(11)19/h1-6,8,12,14,19H,7H2,(H,18,20). The molecule has 0 saturated heterocycles. The molecule has 0 saturated carbocycles. The molecule has 0 aliphatic heterocycles. The lowest BCUT2D eigenvalue weighted by atomic mass is 10.1. The third kappa shape index (κ3) is 2.29. The zero-order valence-corrected chi connectivity index (χ0v) is 12.2. The molecule has 2 aromatic rings. The van der Waals surface area contributed by atoms with E-state index in [0.29, 0.717) is 0 Å². The maximum atomic E-state index is 12.3. The maximum absolute atomic E-state index is 12.3. The van der Waals surface area contributed by atoms with Crippen molar-refractivity contribution >= 4 is 21.8 Å². The molecule has 3 rings (SSSR count). The Labute approximate surface area is 125 Å². The van der Waals surface area contributed by atoms with Crippen LogP contribution >= 0.6 is 15.9 Å². The number of nitrogens with zero attached hydrogens (tertiary/aromatic N) is 1. The number of pyridine rings is 1. The van der Waals surface area contributed by atoms with Gasteiger partial charge in [0.15, 0.2) is 0 Å². The highest BCUT2D eigenvalue weighted by molar-refractivity contribution is 9.09. The van der Waals surface area contributed by atoms with Crippen LogP contribution in [-0.4, -0.2) is 20.8 Å². The minimum Gasteiger partial charge on any atom is -0.505 e. The smallest absolute Gasteiger partial charge is 0.255 e. The molecule has 5 heteroatoms. The van der Waals surface area contributed by atoms with Crippen LogP contribution in [0.5, 0.6) is 5.75 Å². The Balaban J connectivity index is 1.85. The molecule has 1 heterocycles. The van der Waals surface area contributed by atoms with Gasteiger partial charge in [-0.1, -0.05) is 40.2 Å². The summed E-state index contributed by atoms with van der Waals surface area (Å²) in [6.07, 6.45) is 3.63. The average Bonchev–Trinajstić information content (AvgIpc) is 2.76. The molecule has 0 bridgehead atoms. The highest BCUT2D eigenvalue weighted by Gasteiger charge is 2.32. The molecule has 1 aliphatic rings. The number of rotatable bonds is 2. The highest BCUT2D eigenvalue weighted by Crippen LogP contribution is 2.36. The second-order valence-electron chi connectivity index (χ2n) is 4.76. The van der Waals surface area contributed by atoms with Gasteiger partial charge in [-0.05, 0) is 23.6 Å². The Morgan fingerprint density at radius 1 is 1.35 bits per heavy atom. The summed E-state index contributed by atoms with van der Waals surface area (Å²) in [4.78, 5) is 16.2. The molecule has 20 heavy (non-hydrogen) atoms. The number of amides is 1. The van der Waals surface area contributed by atoms with Crippen LogP contribution in [0.4, 0.5) is 0 Å². The number of carbonyl (C=O) groups excluding carboxylic acids is 1. The van der Waals surface area contributed by atoms with Gasteiger partial charge in [-0.15, -0.1) is 0 Å². The van der Waals surface area contributed by atoms with E-state index in [1.165, 1.54) is 24.0 Å². The first-order valence-corrected chi connectivity index (χ1v) is 7.24. The lowest BCUT2D eigenvalue weighted by Gasteiger charge is -2.18. The summed E-state index contributed by atoms with van der Waals surface area (Å²) >= 11 is 3.62. The molecular weight excluding hydrogens is 320 g/mol. The molecule has 2 N–H and O–H groups in total. The molecule has 1 aliphatic carbocycles. The fraction of sp³-hybridized carbons (Fsp3) is 0.200. The van der Waals surface area contributed by atoms with Gasteiger partial charge in [-0.2, -0.15) is 0 Å². The topological polar surface area (TPSA) is 62.2 Å². The molecule has 2 atom stereocenters. The molecule has 1 aromatic carbocycles. The molecule has 2 unspecified atom stereocenters. The first-order chi connectivity index (χ1) is 9.66. The lowest BCUT2D eigenvalue weighted by Crippen LogP contribution is -2.31. The van der Waals surface area contributed by atoms with E-state index in [1.54, 1.807) is 0 Å². The minimum absolute atomic E-state index is 0.0914. The summed E-state index contributed by atoms with van der Waals surface area (Å²) in [7, 11) is 0. The van der Waals surface area contributed by atoms with Crippen LogP contribution in [0.1, 0.15) is 27.5 Å². The summed E-state index contributed by atoms with van der Waals surface area (Å²) in [6, 6.07) is 9.47. The number of halogens is 1. The van der Waals surface area contributed by atoms with Crippen LogP contribution < -0.4 is 5.32 Å². The van der Waals surface area contributed by atoms with E-state index >= 15 is 0 Å². The Morgan fingerprint density at radius 3 is 2.95 bits per heavy atom. The maximum Gasteiger partial charge on any atom is 0.255 e. The van der Waals surface area contributed by atoms with Gasteiger partial charge in [-0.3, -0.25) is 9.78 Å². The van der Waals surface area contributed by atoms with Crippen molar-refractivity contribution in [1.82, 2.24) is 10.3 Å². The number of benzene rings is 1. The van der Waals surface area contributed by atoms with Crippen molar-refractivity contribution < 1.29 is 9.90 Å². The first-order valence-electron chi connectivity index (χ1n) is 6.32. The number of hydrogen-bond acceptors (Lipinski definition) is 3. The van der Waals surface area contributed by atoms with Gasteiger partial charge in [0.05, 0.1) is 17.8 Å². The third-order valence-electron chi connectivity index (χ3n) is 3.50. The Hall–Kier alpha value is -1.88. The molecule has 0 fully saturated rings. The van der Waals surface area contributed by atoms with Crippen molar-refractivity contribution in [2.24, 2.45) is 0 Å². The van der Waals surface area contributed by atoms with Crippen LogP contribution in [0.3, 0.4) is 0 Å². The Bertz CT molecular complexity index is 660. The largest absolute Gasteiger partial charge is 0.505 e. The summed E-state index contributed by atoms with van der Waals surface area (Å²) in [5.41, 5.74) is 2.60. The van der Waals surface area contributed by atoms with Gasteiger partial charge >= 0.3 is 0 Å². The van der Waals surface area contributed by atoms with Gasteiger partial charge in [-0.25, -0.2) is 0 Å². The van der Waals surface area contributed by atoms with Crippen molar-refractivity contribution in [1.29, 1.82) is 0 Å². The molecule has 102 valence electrons. The van der Waals surface area contributed by atoms with Gasteiger partial charge in [0.2, 0.25) is 0 Å². The predicted molar refractivity (Wildman–Crippen MR) is 79.0 cm³/mol. The molecule has 1 amide bonds. The fourth-order valence-electron chi connectivity index (χ4n) is 2.51. The summed E-state index contributed by atoms with van der Waals surface area (Å²) < 4.78 is 0. The number of aromatic hydroxyl groups is 1. The molecule has 4 nitrogen and oxygen atoms in total. The third-order valence-corrected chi connectivity index (χ3v) is 4.35. The molecule has 0 spiro atoms. The molecule has 0 radical (unpaired) electrons. The van der Waals surface area contributed by atoms with E-state index < -0.39 is 0 Å².